The summed E-state index contributed by atoms with van der Waals surface area (Å²) >= 11 is 8.15. The van der Waals surface area contributed by atoms with Gasteiger partial charge in [0.15, 0.2) is 0 Å². The van der Waals surface area contributed by atoms with Crippen LogP contribution in [0.3, 0.4) is 0 Å². The smallest absolute Gasteiger partial charge is 0.0794 e. The maximum Gasteiger partial charge on any atom is 0.0794 e. The molecule has 1 aromatic heterocycles. The van der Waals surface area contributed by atoms with Crippen molar-refractivity contribution in [2.45, 2.75) is 18.7 Å². The molecule has 0 N–H and O–H groups in total. The molecule has 2 unspecified atom stereocenters. The fourth-order valence-corrected chi connectivity index (χ4v) is 2.70. The van der Waals surface area contributed by atoms with Crippen LogP contribution >= 0.6 is 22.9 Å². The van der Waals surface area contributed by atoms with Crippen molar-refractivity contribution in [1.29, 1.82) is 0 Å². The molecule has 0 aliphatic rings. The van der Waals surface area contributed by atoms with Gasteiger partial charge in [-0.25, -0.2) is 0 Å². The first kappa shape index (κ1) is 11.6. The molecule has 84 valence electrons. The van der Waals surface area contributed by atoms with E-state index >= 15 is 0 Å². The summed E-state index contributed by atoms with van der Waals surface area (Å²) in [5, 5.41) is 0.0725. The molecule has 1 aromatic carbocycles. The second kappa shape index (κ2) is 5.46. The Morgan fingerprint density at radius 1 is 1.31 bits per heavy atom. The molecule has 2 aromatic rings. The number of hydrogen-bond acceptors (Lipinski definition) is 2. The van der Waals surface area contributed by atoms with Crippen LogP contribution in [0.1, 0.15) is 22.7 Å². The molecule has 0 bridgehead atoms. The van der Waals surface area contributed by atoms with Gasteiger partial charge in [0.2, 0.25) is 0 Å². The van der Waals surface area contributed by atoms with E-state index in [4.69, 9.17) is 11.6 Å². The van der Waals surface area contributed by atoms with Crippen molar-refractivity contribution in [3.8, 4) is 0 Å². The zero-order valence-corrected chi connectivity index (χ0v) is 10.7. The maximum absolute atomic E-state index is 6.46. The summed E-state index contributed by atoms with van der Waals surface area (Å²) in [6, 6.07) is 10.2. The van der Waals surface area contributed by atoms with Crippen LogP contribution in [0, 0.1) is 5.92 Å². The van der Waals surface area contributed by atoms with Gasteiger partial charge in [-0.2, -0.15) is 0 Å². The average molecular weight is 252 g/mol. The minimum Gasteiger partial charge on any atom is -0.253 e. The van der Waals surface area contributed by atoms with E-state index in [2.05, 4.69) is 24.0 Å². The minimum atomic E-state index is 0.0725. The Balaban J connectivity index is 2.02. The Bertz CT molecular complexity index is 413. The predicted molar refractivity (Wildman–Crippen MR) is 70.0 cm³/mol. The first-order valence-corrected chi connectivity index (χ1v) is 6.65. The van der Waals surface area contributed by atoms with Crippen molar-refractivity contribution in [3.05, 3.63) is 52.5 Å². The lowest BCUT2D eigenvalue weighted by Gasteiger charge is -2.17. The van der Waals surface area contributed by atoms with Crippen LogP contribution in [0.15, 0.2) is 42.0 Å². The molecule has 0 fully saturated rings. The van der Waals surface area contributed by atoms with Crippen molar-refractivity contribution in [1.82, 2.24) is 4.98 Å². The van der Waals surface area contributed by atoms with Gasteiger partial charge in [-0.1, -0.05) is 37.3 Å². The molecule has 16 heavy (non-hydrogen) atoms. The van der Waals surface area contributed by atoms with Crippen molar-refractivity contribution < 1.29 is 0 Å². The van der Waals surface area contributed by atoms with E-state index in [1.807, 2.05) is 29.9 Å². The van der Waals surface area contributed by atoms with Gasteiger partial charge in [-0.05, 0) is 17.9 Å². The van der Waals surface area contributed by atoms with E-state index in [9.17, 15) is 0 Å². The highest BCUT2D eigenvalue weighted by Gasteiger charge is 2.17. The lowest BCUT2D eigenvalue weighted by molar-refractivity contribution is 0.562. The second-order valence-corrected chi connectivity index (χ2v) is 5.40. The van der Waals surface area contributed by atoms with Crippen LogP contribution < -0.4 is 0 Å². The SMILES string of the molecule is CC(Cc1cncs1)C(Cl)c1ccccc1. The summed E-state index contributed by atoms with van der Waals surface area (Å²) in [6.07, 6.45) is 2.92. The summed E-state index contributed by atoms with van der Waals surface area (Å²) in [7, 11) is 0. The third-order valence-electron chi connectivity index (χ3n) is 2.62. The molecule has 3 heteroatoms. The molecule has 0 saturated carbocycles. The van der Waals surface area contributed by atoms with Crippen molar-refractivity contribution >= 4 is 22.9 Å². The monoisotopic (exact) mass is 251 g/mol. The highest BCUT2D eigenvalue weighted by molar-refractivity contribution is 7.09. The number of aromatic nitrogens is 1. The Morgan fingerprint density at radius 3 is 2.69 bits per heavy atom. The first-order valence-electron chi connectivity index (χ1n) is 5.33. The van der Waals surface area contributed by atoms with Gasteiger partial charge >= 0.3 is 0 Å². The Hall–Kier alpha value is -0.860. The topological polar surface area (TPSA) is 12.9 Å². The third kappa shape index (κ3) is 2.83. The largest absolute Gasteiger partial charge is 0.253 e. The van der Waals surface area contributed by atoms with Crippen molar-refractivity contribution in [2.75, 3.05) is 0 Å². The van der Waals surface area contributed by atoms with E-state index in [0.717, 1.165) is 6.42 Å². The molecule has 0 spiro atoms. The number of rotatable bonds is 4. The number of nitrogens with zero attached hydrogens (tertiary/aromatic N) is 1. The number of thiazole rings is 1. The zero-order valence-electron chi connectivity index (χ0n) is 9.14. The summed E-state index contributed by atoms with van der Waals surface area (Å²) in [6.45, 7) is 2.18. The molecule has 0 saturated heterocycles. The predicted octanol–water partition coefficient (Wildman–Crippen LogP) is 4.30. The van der Waals surface area contributed by atoms with Crippen LogP contribution in [0.2, 0.25) is 0 Å². The quantitative estimate of drug-likeness (QED) is 0.739. The van der Waals surface area contributed by atoms with Gasteiger partial charge in [0, 0.05) is 11.1 Å². The lowest BCUT2D eigenvalue weighted by Crippen LogP contribution is -2.06. The summed E-state index contributed by atoms with van der Waals surface area (Å²) in [5.74, 6) is 0.421. The van der Waals surface area contributed by atoms with Crippen molar-refractivity contribution in [2.24, 2.45) is 5.92 Å². The average Bonchev–Trinajstić information content (AvgIpc) is 2.82. The van der Waals surface area contributed by atoms with Gasteiger partial charge in [0.25, 0.3) is 0 Å². The number of alkyl halides is 1. The standard InChI is InChI=1S/C13H14ClNS/c1-10(7-12-8-15-9-16-12)13(14)11-5-3-2-4-6-11/h2-6,8-10,13H,7H2,1H3. The fourth-order valence-electron chi connectivity index (χ4n) is 1.73. The highest BCUT2D eigenvalue weighted by Crippen LogP contribution is 2.31. The second-order valence-electron chi connectivity index (χ2n) is 3.96. The van der Waals surface area contributed by atoms with Crippen LogP contribution in [0.4, 0.5) is 0 Å². The summed E-state index contributed by atoms with van der Waals surface area (Å²) in [5.41, 5.74) is 3.06. The molecule has 1 heterocycles. The number of halogens is 1. The van der Waals surface area contributed by atoms with Gasteiger partial charge in [-0.15, -0.1) is 22.9 Å². The van der Waals surface area contributed by atoms with E-state index in [0.29, 0.717) is 5.92 Å². The Labute approximate surface area is 105 Å². The first-order chi connectivity index (χ1) is 7.77. The van der Waals surface area contributed by atoms with E-state index in [1.54, 1.807) is 11.3 Å². The van der Waals surface area contributed by atoms with Crippen LogP contribution in [0.25, 0.3) is 0 Å². The highest BCUT2D eigenvalue weighted by atomic mass is 35.5. The minimum absolute atomic E-state index is 0.0725. The molecule has 0 aliphatic carbocycles. The molecule has 2 rings (SSSR count). The summed E-state index contributed by atoms with van der Waals surface area (Å²) in [4.78, 5) is 5.38. The normalized spacial score (nSPS) is 14.6. The van der Waals surface area contributed by atoms with Crippen LogP contribution in [-0.2, 0) is 6.42 Å². The molecule has 1 nitrogen and oxygen atoms in total. The van der Waals surface area contributed by atoms with Gasteiger partial charge in [-0.3, -0.25) is 4.98 Å². The van der Waals surface area contributed by atoms with Crippen LogP contribution in [0.5, 0.6) is 0 Å². The Kier molecular flexibility index (Phi) is 3.97. The molecule has 2 atom stereocenters. The zero-order chi connectivity index (χ0) is 11.4. The molecule has 0 radical (unpaired) electrons. The van der Waals surface area contributed by atoms with Gasteiger partial charge in [0.1, 0.15) is 0 Å². The van der Waals surface area contributed by atoms with E-state index < -0.39 is 0 Å². The molecular formula is C13H14ClNS. The fraction of sp³-hybridized carbons (Fsp3) is 0.308. The lowest BCUT2D eigenvalue weighted by atomic mass is 9.97. The molecular weight excluding hydrogens is 238 g/mol. The number of hydrogen-bond donors (Lipinski definition) is 0. The van der Waals surface area contributed by atoms with Crippen LogP contribution in [-0.4, -0.2) is 4.98 Å². The van der Waals surface area contributed by atoms with Crippen molar-refractivity contribution in [3.63, 3.8) is 0 Å². The van der Waals surface area contributed by atoms with Gasteiger partial charge < -0.3 is 0 Å². The number of benzene rings is 1. The van der Waals surface area contributed by atoms with E-state index in [-0.39, 0.29) is 5.38 Å². The summed E-state index contributed by atoms with van der Waals surface area (Å²) < 4.78 is 0. The molecule has 0 amide bonds. The molecule has 0 aliphatic heterocycles. The third-order valence-corrected chi connectivity index (χ3v) is 4.11. The Morgan fingerprint density at radius 2 is 2.06 bits per heavy atom. The van der Waals surface area contributed by atoms with E-state index in [1.165, 1.54) is 10.4 Å². The van der Waals surface area contributed by atoms with Gasteiger partial charge in [0.05, 0.1) is 10.9 Å². The maximum atomic E-state index is 6.46.